The zero-order chi connectivity index (χ0) is 17.1. The van der Waals surface area contributed by atoms with Gasteiger partial charge in [-0.15, -0.1) is 0 Å². The highest BCUT2D eigenvalue weighted by Gasteiger charge is 2.26. The summed E-state index contributed by atoms with van der Waals surface area (Å²) >= 11 is 0. The summed E-state index contributed by atoms with van der Waals surface area (Å²) < 4.78 is 12.0. The highest BCUT2D eigenvalue weighted by atomic mass is 16.5. The first-order chi connectivity index (χ1) is 12.3. The molecule has 1 aromatic heterocycles. The lowest BCUT2D eigenvalue weighted by atomic mass is 10.0. The summed E-state index contributed by atoms with van der Waals surface area (Å²) in [7, 11) is 0. The first-order valence-electron chi connectivity index (χ1n) is 9.25. The van der Waals surface area contributed by atoms with E-state index >= 15 is 0 Å². The molecule has 0 aliphatic carbocycles. The van der Waals surface area contributed by atoms with Gasteiger partial charge in [0.1, 0.15) is 24.5 Å². The molecular formula is C20H25N3O2. The maximum atomic E-state index is 6.00. The van der Waals surface area contributed by atoms with Gasteiger partial charge in [0.15, 0.2) is 0 Å². The van der Waals surface area contributed by atoms with Gasteiger partial charge in [0, 0.05) is 31.7 Å². The monoisotopic (exact) mass is 339 g/mol. The molecule has 0 N–H and O–H groups in total. The quantitative estimate of drug-likeness (QED) is 0.855. The number of nitrogens with zero attached hydrogens (tertiary/aromatic N) is 3. The van der Waals surface area contributed by atoms with Crippen LogP contribution in [0.15, 0.2) is 30.6 Å². The fourth-order valence-corrected chi connectivity index (χ4v) is 3.69. The summed E-state index contributed by atoms with van der Waals surface area (Å²) in [6.07, 6.45) is 6.13. The third-order valence-electron chi connectivity index (χ3n) is 4.95. The van der Waals surface area contributed by atoms with Crippen LogP contribution in [0.3, 0.4) is 0 Å². The standard InChI is InChI=1S/C20H25N3O2/c1-2-10-24-16-7-5-9-23(12-16)20-17-11-15-6-3-4-8-19(15)25-13-18(17)21-14-22-20/h3-4,6,8,14,16H,2,5,7,9-13H2,1H3/t16-/m0/s1. The van der Waals surface area contributed by atoms with Crippen LogP contribution in [0.4, 0.5) is 5.82 Å². The predicted octanol–water partition coefficient (Wildman–Crippen LogP) is 3.36. The van der Waals surface area contributed by atoms with Crippen molar-refractivity contribution < 1.29 is 9.47 Å². The van der Waals surface area contributed by atoms with Crippen molar-refractivity contribution in [3.05, 3.63) is 47.4 Å². The largest absolute Gasteiger partial charge is 0.487 e. The molecule has 3 heterocycles. The number of rotatable bonds is 4. The molecule has 132 valence electrons. The van der Waals surface area contributed by atoms with E-state index in [1.807, 2.05) is 12.1 Å². The first-order valence-corrected chi connectivity index (χ1v) is 9.25. The van der Waals surface area contributed by atoms with Crippen molar-refractivity contribution >= 4 is 5.82 Å². The summed E-state index contributed by atoms with van der Waals surface area (Å²) in [5, 5.41) is 0. The number of para-hydroxylation sites is 1. The molecule has 5 nitrogen and oxygen atoms in total. The average Bonchev–Trinajstić information content (AvgIpc) is 2.85. The molecule has 0 unspecified atom stereocenters. The van der Waals surface area contributed by atoms with E-state index in [0.717, 1.165) is 62.6 Å². The summed E-state index contributed by atoms with van der Waals surface area (Å²) in [5.74, 6) is 2.00. The lowest BCUT2D eigenvalue weighted by Crippen LogP contribution is -2.41. The molecule has 2 aliphatic rings. The number of fused-ring (bicyclic) bond motifs is 2. The lowest BCUT2D eigenvalue weighted by Gasteiger charge is -2.34. The van der Waals surface area contributed by atoms with E-state index in [9.17, 15) is 0 Å². The molecule has 1 atom stereocenters. The molecule has 1 fully saturated rings. The molecule has 0 saturated carbocycles. The van der Waals surface area contributed by atoms with E-state index in [4.69, 9.17) is 9.47 Å². The van der Waals surface area contributed by atoms with Crippen LogP contribution in [-0.4, -0.2) is 35.8 Å². The Kier molecular flexibility index (Phi) is 4.83. The zero-order valence-corrected chi connectivity index (χ0v) is 14.8. The minimum atomic E-state index is 0.300. The average molecular weight is 339 g/mol. The van der Waals surface area contributed by atoms with Crippen molar-refractivity contribution in [2.24, 2.45) is 0 Å². The van der Waals surface area contributed by atoms with Crippen LogP contribution in [0.25, 0.3) is 0 Å². The number of hydrogen-bond donors (Lipinski definition) is 0. The minimum absolute atomic E-state index is 0.300. The number of anilines is 1. The number of piperidine rings is 1. The highest BCUT2D eigenvalue weighted by molar-refractivity contribution is 5.53. The summed E-state index contributed by atoms with van der Waals surface area (Å²) in [4.78, 5) is 11.5. The van der Waals surface area contributed by atoms with Gasteiger partial charge in [-0.05, 0) is 30.9 Å². The summed E-state index contributed by atoms with van der Waals surface area (Å²) in [5.41, 5.74) is 3.40. The number of ether oxygens (including phenoxy) is 2. The van der Waals surface area contributed by atoms with E-state index in [1.54, 1.807) is 6.33 Å². The highest BCUT2D eigenvalue weighted by Crippen LogP contribution is 2.32. The fourth-order valence-electron chi connectivity index (χ4n) is 3.69. The van der Waals surface area contributed by atoms with Crippen LogP contribution < -0.4 is 9.64 Å². The molecule has 1 aromatic carbocycles. The molecule has 2 aliphatic heterocycles. The Bertz CT molecular complexity index is 735. The van der Waals surface area contributed by atoms with Gasteiger partial charge < -0.3 is 14.4 Å². The third kappa shape index (κ3) is 3.47. The van der Waals surface area contributed by atoms with Crippen LogP contribution in [0.2, 0.25) is 0 Å². The molecule has 0 bridgehead atoms. The van der Waals surface area contributed by atoms with Crippen LogP contribution in [-0.2, 0) is 17.8 Å². The maximum Gasteiger partial charge on any atom is 0.135 e. The normalized spacial score (nSPS) is 19.6. The second-order valence-electron chi connectivity index (χ2n) is 6.78. The lowest BCUT2D eigenvalue weighted by molar-refractivity contribution is 0.0439. The van der Waals surface area contributed by atoms with E-state index in [0.29, 0.717) is 12.7 Å². The van der Waals surface area contributed by atoms with Crippen molar-refractivity contribution in [2.75, 3.05) is 24.6 Å². The van der Waals surface area contributed by atoms with Crippen LogP contribution in [0.1, 0.15) is 43.0 Å². The van der Waals surface area contributed by atoms with Gasteiger partial charge in [-0.3, -0.25) is 0 Å². The maximum absolute atomic E-state index is 6.00. The Balaban J connectivity index is 1.62. The fraction of sp³-hybridized carbons (Fsp3) is 0.500. The second kappa shape index (κ2) is 7.40. The molecule has 0 radical (unpaired) electrons. The smallest absolute Gasteiger partial charge is 0.135 e. The van der Waals surface area contributed by atoms with Crippen molar-refractivity contribution in [2.45, 2.75) is 45.3 Å². The molecule has 2 aromatic rings. The molecule has 25 heavy (non-hydrogen) atoms. The van der Waals surface area contributed by atoms with Gasteiger partial charge in [0.25, 0.3) is 0 Å². The SMILES string of the molecule is CCCO[C@H]1CCCN(c2ncnc3c2Cc2ccccc2OC3)C1. The summed E-state index contributed by atoms with van der Waals surface area (Å²) in [6, 6.07) is 8.24. The van der Waals surface area contributed by atoms with Crippen molar-refractivity contribution in [3.8, 4) is 5.75 Å². The topological polar surface area (TPSA) is 47.5 Å². The number of aromatic nitrogens is 2. The van der Waals surface area contributed by atoms with Gasteiger partial charge in [-0.1, -0.05) is 25.1 Å². The van der Waals surface area contributed by atoms with Crippen LogP contribution in [0, 0.1) is 0 Å². The van der Waals surface area contributed by atoms with Gasteiger partial charge in [0.05, 0.1) is 11.8 Å². The van der Waals surface area contributed by atoms with Gasteiger partial charge in [0.2, 0.25) is 0 Å². The van der Waals surface area contributed by atoms with Crippen molar-refractivity contribution in [1.29, 1.82) is 0 Å². The Hall–Kier alpha value is -2.14. The van der Waals surface area contributed by atoms with E-state index in [-0.39, 0.29) is 0 Å². The van der Waals surface area contributed by atoms with Crippen molar-refractivity contribution in [1.82, 2.24) is 9.97 Å². The van der Waals surface area contributed by atoms with Crippen molar-refractivity contribution in [3.63, 3.8) is 0 Å². The number of hydrogen-bond acceptors (Lipinski definition) is 5. The van der Waals surface area contributed by atoms with Gasteiger partial charge in [-0.25, -0.2) is 9.97 Å². The first kappa shape index (κ1) is 16.3. The molecule has 4 rings (SSSR count). The second-order valence-corrected chi connectivity index (χ2v) is 6.78. The van der Waals surface area contributed by atoms with Crippen LogP contribution in [0.5, 0.6) is 5.75 Å². The summed E-state index contributed by atoms with van der Waals surface area (Å²) in [6.45, 7) is 5.43. The van der Waals surface area contributed by atoms with Gasteiger partial charge >= 0.3 is 0 Å². The number of benzene rings is 1. The zero-order valence-electron chi connectivity index (χ0n) is 14.8. The Morgan fingerprint density at radius 1 is 1.28 bits per heavy atom. The van der Waals surface area contributed by atoms with E-state index < -0.39 is 0 Å². The van der Waals surface area contributed by atoms with Crippen LogP contribution >= 0.6 is 0 Å². The Morgan fingerprint density at radius 2 is 2.20 bits per heavy atom. The van der Waals surface area contributed by atoms with Gasteiger partial charge in [-0.2, -0.15) is 0 Å². The molecule has 0 spiro atoms. The predicted molar refractivity (Wildman–Crippen MR) is 97.1 cm³/mol. The van der Waals surface area contributed by atoms with E-state index in [1.165, 1.54) is 11.1 Å². The molecule has 5 heteroatoms. The third-order valence-corrected chi connectivity index (χ3v) is 4.95. The molecule has 0 amide bonds. The van der Waals surface area contributed by atoms with E-state index in [2.05, 4.69) is 33.9 Å². The molecular weight excluding hydrogens is 314 g/mol. The molecule has 1 saturated heterocycles. The Labute approximate surface area is 149 Å². The minimum Gasteiger partial charge on any atom is -0.487 e. The Morgan fingerprint density at radius 3 is 3.12 bits per heavy atom.